The Balaban J connectivity index is 4.40. The maximum atomic E-state index is 4.12. The summed E-state index contributed by atoms with van der Waals surface area (Å²) in [6.45, 7) is 15.2. The molecule has 0 amide bonds. The Morgan fingerprint density at radius 1 is 1.36 bits per heavy atom. The zero-order valence-corrected chi connectivity index (χ0v) is 10.3. The predicted octanol–water partition coefficient (Wildman–Crippen LogP) is 4.75. The molecule has 0 heteroatoms. The highest BCUT2D eigenvalue weighted by Gasteiger charge is 2.24. The van der Waals surface area contributed by atoms with Crippen molar-refractivity contribution in [3.05, 3.63) is 36.5 Å². The van der Waals surface area contributed by atoms with E-state index in [0.717, 1.165) is 0 Å². The summed E-state index contributed by atoms with van der Waals surface area (Å²) in [4.78, 5) is 0. The molecule has 0 aliphatic carbocycles. The van der Waals surface area contributed by atoms with Crippen LogP contribution in [0.4, 0.5) is 0 Å². The monoisotopic (exact) mass is 192 g/mol. The molecule has 0 rings (SSSR count). The molecule has 0 radical (unpaired) electrons. The minimum Gasteiger partial charge on any atom is -0.0955 e. The summed E-state index contributed by atoms with van der Waals surface area (Å²) in [5.41, 5.74) is 1.56. The molecular weight excluding hydrogens is 168 g/mol. The van der Waals surface area contributed by atoms with E-state index in [2.05, 4.69) is 46.4 Å². The summed E-state index contributed by atoms with van der Waals surface area (Å²) in [5, 5.41) is 0. The van der Waals surface area contributed by atoms with Crippen molar-refractivity contribution in [2.75, 3.05) is 0 Å². The molecule has 0 fully saturated rings. The molecule has 0 heterocycles. The van der Waals surface area contributed by atoms with Gasteiger partial charge in [0.25, 0.3) is 0 Å². The third-order valence-corrected chi connectivity index (χ3v) is 3.25. The SMILES string of the molecule is C=C(/C=C\C=C/C)C(C)C(C)(C)CC. The van der Waals surface area contributed by atoms with Crippen LogP contribution in [0.15, 0.2) is 36.5 Å². The van der Waals surface area contributed by atoms with Gasteiger partial charge in [0.05, 0.1) is 0 Å². The molecule has 0 aromatic carbocycles. The summed E-state index contributed by atoms with van der Waals surface area (Å²) in [5.74, 6) is 0.536. The van der Waals surface area contributed by atoms with Crippen molar-refractivity contribution in [1.29, 1.82) is 0 Å². The van der Waals surface area contributed by atoms with E-state index in [4.69, 9.17) is 0 Å². The molecule has 1 unspecified atom stereocenters. The maximum Gasteiger partial charge on any atom is -0.0145 e. The fraction of sp³-hybridized carbons (Fsp3) is 0.571. The van der Waals surface area contributed by atoms with Crippen molar-refractivity contribution in [2.24, 2.45) is 11.3 Å². The first-order valence-electron chi connectivity index (χ1n) is 5.43. The van der Waals surface area contributed by atoms with Crippen LogP contribution in [0.2, 0.25) is 0 Å². The quantitative estimate of drug-likeness (QED) is 0.551. The zero-order valence-electron chi connectivity index (χ0n) is 10.3. The highest BCUT2D eigenvalue weighted by molar-refractivity contribution is 5.22. The van der Waals surface area contributed by atoms with Crippen molar-refractivity contribution in [2.45, 2.75) is 41.0 Å². The van der Waals surface area contributed by atoms with Crippen molar-refractivity contribution in [3.8, 4) is 0 Å². The Labute approximate surface area is 89.4 Å². The van der Waals surface area contributed by atoms with Crippen LogP contribution in [0, 0.1) is 11.3 Å². The van der Waals surface area contributed by atoms with E-state index in [1.165, 1.54) is 12.0 Å². The molecule has 0 spiro atoms. The van der Waals surface area contributed by atoms with E-state index in [1.54, 1.807) is 0 Å². The molecular formula is C14H24. The smallest absolute Gasteiger partial charge is 0.0145 e. The molecule has 1 atom stereocenters. The van der Waals surface area contributed by atoms with Gasteiger partial charge >= 0.3 is 0 Å². The molecule has 0 aliphatic rings. The van der Waals surface area contributed by atoms with E-state index >= 15 is 0 Å². The average Bonchev–Trinajstić information content (AvgIpc) is 2.17. The molecule has 0 aromatic heterocycles. The lowest BCUT2D eigenvalue weighted by Crippen LogP contribution is -2.21. The topological polar surface area (TPSA) is 0 Å². The van der Waals surface area contributed by atoms with Gasteiger partial charge < -0.3 is 0 Å². The van der Waals surface area contributed by atoms with Gasteiger partial charge in [-0.2, -0.15) is 0 Å². The lowest BCUT2D eigenvalue weighted by Gasteiger charge is -2.31. The van der Waals surface area contributed by atoms with Crippen LogP contribution >= 0.6 is 0 Å². The largest absolute Gasteiger partial charge is 0.0955 e. The van der Waals surface area contributed by atoms with Gasteiger partial charge in [-0.3, -0.25) is 0 Å². The van der Waals surface area contributed by atoms with Crippen LogP contribution < -0.4 is 0 Å². The van der Waals surface area contributed by atoms with Gasteiger partial charge in [0.15, 0.2) is 0 Å². The van der Waals surface area contributed by atoms with Crippen molar-refractivity contribution >= 4 is 0 Å². The minimum absolute atomic E-state index is 0.345. The van der Waals surface area contributed by atoms with E-state index in [9.17, 15) is 0 Å². The Kier molecular flexibility index (Phi) is 5.52. The van der Waals surface area contributed by atoms with Gasteiger partial charge in [0.2, 0.25) is 0 Å². The first-order chi connectivity index (χ1) is 6.45. The van der Waals surface area contributed by atoms with Crippen LogP contribution in [-0.4, -0.2) is 0 Å². The summed E-state index contributed by atoms with van der Waals surface area (Å²) in [6.07, 6.45) is 9.42. The lowest BCUT2D eigenvalue weighted by molar-refractivity contribution is 0.259. The number of allylic oxidation sites excluding steroid dienone is 5. The molecule has 80 valence electrons. The second-order valence-corrected chi connectivity index (χ2v) is 4.52. The van der Waals surface area contributed by atoms with Gasteiger partial charge in [-0.15, -0.1) is 0 Å². The third-order valence-electron chi connectivity index (χ3n) is 3.25. The Hall–Kier alpha value is -0.780. The molecule has 0 bridgehead atoms. The molecule has 0 aliphatic heterocycles. The highest BCUT2D eigenvalue weighted by Crippen LogP contribution is 2.34. The number of hydrogen-bond acceptors (Lipinski definition) is 0. The van der Waals surface area contributed by atoms with E-state index in [1.807, 2.05) is 19.1 Å². The van der Waals surface area contributed by atoms with Crippen molar-refractivity contribution in [1.82, 2.24) is 0 Å². The normalized spacial score (nSPS) is 15.2. The lowest BCUT2D eigenvalue weighted by atomic mass is 9.74. The fourth-order valence-corrected chi connectivity index (χ4v) is 1.24. The Bertz CT molecular complexity index is 228. The number of rotatable bonds is 5. The minimum atomic E-state index is 0.345. The van der Waals surface area contributed by atoms with E-state index in [-0.39, 0.29) is 0 Å². The van der Waals surface area contributed by atoms with Crippen molar-refractivity contribution < 1.29 is 0 Å². The summed E-state index contributed by atoms with van der Waals surface area (Å²) in [7, 11) is 0. The molecule has 0 aromatic rings. The maximum absolute atomic E-state index is 4.12. The first kappa shape index (κ1) is 13.2. The standard InChI is InChI=1S/C14H24/c1-7-9-10-11-12(3)13(4)14(5,6)8-2/h7,9-11,13H,3,8H2,1-2,4-6H3/b9-7-,11-10-. The second kappa shape index (κ2) is 5.85. The predicted molar refractivity (Wildman–Crippen MR) is 66.3 cm³/mol. The third kappa shape index (κ3) is 3.95. The van der Waals surface area contributed by atoms with E-state index in [0.29, 0.717) is 11.3 Å². The van der Waals surface area contributed by atoms with Crippen LogP contribution in [0.5, 0.6) is 0 Å². The van der Waals surface area contributed by atoms with Crippen molar-refractivity contribution in [3.63, 3.8) is 0 Å². The molecule has 0 nitrogen and oxygen atoms in total. The van der Waals surface area contributed by atoms with Gasteiger partial charge in [0.1, 0.15) is 0 Å². The zero-order chi connectivity index (χ0) is 11.2. The second-order valence-electron chi connectivity index (χ2n) is 4.52. The Morgan fingerprint density at radius 2 is 1.93 bits per heavy atom. The van der Waals surface area contributed by atoms with Crippen LogP contribution in [-0.2, 0) is 0 Å². The summed E-state index contributed by atoms with van der Waals surface area (Å²) < 4.78 is 0. The summed E-state index contributed by atoms with van der Waals surface area (Å²) in [6, 6.07) is 0. The highest BCUT2D eigenvalue weighted by atomic mass is 14.3. The molecule has 0 N–H and O–H groups in total. The van der Waals surface area contributed by atoms with Gasteiger partial charge in [-0.25, -0.2) is 0 Å². The van der Waals surface area contributed by atoms with Gasteiger partial charge in [-0.1, -0.05) is 70.6 Å². The molecule has 14 heavy (non-hydrogen) atoms. The Morgan fingerprint density at radius 3 is 2.36 bits per heavy atom. The van der Waals surface area contributed by atoms with Gasteiger partial charge in [0, 0.05) is 0 Å². The van der Waals surface area contributed by atoms with Crippen LogP contribution in [0.25, 0.3) is 0 Å². The van der Waals surface area contributed by atoms with Gasteiger partial charge in [-0.05, 0) is 18.3 Å². The van der Waals surface area contributed by atoms with E-state index < -0.39 is 0 Å². The first-order valence-corrected chi connectivity index (χ1v) is 5.43. The molecule has 0 saturated heterocycles. The summed E-state index contributed by atoms with van der Waals surface area (Å²) >= 11 is 0. The average molecular weight is 192 g/mol. The van der Waals surface area contributed by atoms with Crippen LogP contribution in [0.3, 0.4) is 0 Å². The number of hydrogen-bond donors (Lipinski definition) is 0. The van der Waals surface area contributed by atoms with Crippen LogP contribution in [0.1, 0.15) is 41.0 Å². The molecule has 0 saturated carbocycles. The fourth-order valence-electron chi connectivity index (χ4n) is 1.24.